The highest BCUT2D eigenvalue weighted by atomic mass is 35.5. The summed E-state index contributed by atoms with van der Waals surface area (Å²) in [6.45, 7) is 3.16. The predicted octanol–water partition coefficient (Wildman–Crippen LogP) is 0.400. The lowest BCUT2D eigenvalue weighted by molar-refractivity contribution is -0.141. The van der Waals surface area contributed by atoms with Crippen molar-refractivity contribution in [3.63, 3.8) is 0 Å². The number of esters is 1. The minimum absolute atomic E-state index is 0. The van der Waals surface area contributed by atoms with E-state index in [4.69, 9.17) is 10.5 Å². The van der Waals surface area contributed by atoms with Crippen molar-refractivity contribution in [3.8, 4) is 0 Å². The van der Waals surface area contributed by atoms with Gasteiger partial charge < -0.3 is 15.2 Å². The van der Waals surface area contributed by atoms with Gasteiger partial charge in [0.05, 0.1) is 26.5 Å². The summed E-state index contributed by atoms with van der Waals surface area (Å²) in [5, 5.41) is 0. The lowest BCUT2D eigenvalue weighted by atomic mass is 10.2. The van der Waals surface area contributed by atoms with Gasteiger partial charge in [0.15, 0.2) is 0 Å². The Morgan fingerprint density at radius 2 is 2.00 bits per heavy atom. The summed E-state index contributed by atoms with van der Waals surface area (Å²) >= 11 is 0. The molecule has 0 aliphatic carbocycles. The van der Waals surface area contributed by atoms with Crippen LogP contribution in [0.15, 0.2) is 0 Å². The zero-order chi connectivity index (χ0) is 10.4. The fraction of sp³-hybridized carbons (Fsp3) is 0.889. The quantitative estimate of drug-likeness (QED) is 0.752. The van der Waals surface area contributed by atoms with Gasteiger partial charge in [-0.05, 0) is 6.42 Å². The van der Waals surface area contributed by atoms with Crippen LogP contribution in [-0.2, 0) is 14.3 Å². The lowest BCUT2D eigenvalue weighted by Crippen LogP contribution is -2.48. The summed E-state index contributed by atoms with van der Waals surface area (Å²) < 4.78 is 9.76. The molecule has 1 aliphatic heterocycles. The van der Waals surface area contributed by atoms with E-state index in [-0.39, 0.29) is 36.9 Å². The predicted molar refractivity (Wildman–Crippen MR) is 66.1 cm³/mol. The van der Waals surface area contributed by atoms with Crippen molar-refractivity contribution in [1.82, 2.24) is 4.90 Å². The molecular formula is C9H20Cl2N2O3. The van der Waals surface area contributed by atoms with E-state index in [0.29, 0.717) is 12.8 Å². The molecule has 1 heterocycles. The van der Waals surface area contributed by atoms with Crippen LogP contribution < -0.4 is 5.73 Å². The number of carbonyl (C=O) groups is 1. The van der Waals surface area contributed by atoms with E-state index in [2.05, 4.69) is 9.64 Å². The molecule has 0 amide bonds. The molecule has 1 rings (SSSR count). The maximum atomic E-state index is 10.9. The Morgan fingerprint density at radius 1 is 1.44 bits per heavy atom. The van der Waals surface area contributed by atoms with Gasteiger partial charge in [-0.15, -0.1) is 24.8 Å². The van der Waals surface area contributed by atoms with E-state index in [1.54, 1.807) is 0 Å². The van der Waals surface area contributed by atoms with Crippen molar-refractivity contribution in [2.45, 2.75) is 19.0 Å². The van der Waals surface area contributed by atoms with E-state index >= 15 is 0 Å². The second-order valence-electron chi connectivity index (χ2n) is 3.33. The number of morpholine rings is 1. The SMILES string of the molecule is COC(=O)CCC(N)N1CCOCC1.Cl.Cl. The Labute approximate surface area is 108 Å². The number of hydrogen-bond acceptors (Lipinski definition) is 5. The summed E-state index contributed by atoms with van der Waals surface area (Å²) in [6, 6.07) is 0. The van der Waals surface area contributed by atoms with E-state index in [9.17, 15) is 4.79 Å². The lowest BCUT2D eigenvalue weighted by Gasteiger charge is -2.31. The number of methoxy groups -OCH3 is 1. The standard InChI is InChI=1S/C9H18N2O3.2ClH/c1-13-9(12)3-2-8(10)11-4-6-14-7-5-11;;/h8H,2-7,10H2,1H3;2*1H. The molecule has 0 aromatic carbocycles. The molecule has 2 N–H and O–H groups in total. The van der Waals surface area contributed by atoms with Gasteiger partial charge in [-0.2, -0.15) is 0 Å². The molecule has 0 radical (unpaired) electrons. The summed E-state index contributed by atoms with van der Waals surface area (Å²) in [4.78, 5) is 13.0. The van der Waals surface area contributed by atoms with Gasteiger partial charge in [0.25, 0.3) is 0 Å². The molecule has 1 unspecified atom stereocenters. The second-order valence-corrected chi connectivity index (χ2v) is 3.33. The van der Waals surface area contributed by atoms with Gasteiger partial charge in [0, 0.05) is 19.5 Å². The molecule has 1 atom stereocenters. The highest BCUT2D eigenvalue weighted by Gasteiger charge is 2.17. The Kier molecular flexibility index (Phi) is 11.6. The van der Waals surface area contributed by atoms with Crippen molar-refractivity contribution >= 4 is 30.8 Å². The monoisotopic (exact) mass is 274 g/mol. The number of rotatable bonds is 4. The van der Waals surface area contributed by atoms with Gasteiger partial charge >= 0.3 is 5.97 Å². The van der Waals surface area contributed by atoms with Crippen LogP contribution in [0.2, 0.25) is 0 Å². The van der Waals surface area contributed by atoms with E-state index in [0.717, 1.165) is 26.3 Å². The first-order chi connectivity index (χ1) is 6.74. The van der Waals surface area contributed by atoms with Crippen molar-refractivity contribution in [1.29, 1.82) is 0 Å². The third-order valence-corrected chi connectivity index (χ3v) is 2.39. The highest BCUT2D eigenvalue weighted by Crippen LogP contribution is 2.05. The number of halogens is 2. The number of nitrogens with two attached hydrogens (primary N) is 1. The average molecular weight is 275 g/mol. The summed E-state index contributed by atoms with van der Waals surface area (Å²) in [5.74, 6) is -0.200. The molecule has 1 aliphatic rings. The molecule has 0 saturated carbocycles. The normalized spacial score (nSPS) is 17.9. The summed E-state index contributed by atoms with van der Waals surface area (Å²) in [6.07, 6.45) is 0.972. The van der Waals surface area contributed by atoms with Crippen LogP contribution in [-0.4, -0.2) is 50.4 Å². The van der Waals surface area contributed by atoms with Crippen molar-refractivity contribution < 1.29 is 14.3 Å². The van der Waals surface area contributed by atoms with Gasteiger partial charge in [-0.3, -0.25) is 9.69 Å². The molecule has 7 heteroatoms. The molecule has 0 aromatic heterocycles. The topological polar surface area (TPSA) is 64.8 Å². The number of nitrogens with zero attached hydrogens (tertiary/aromatic N) is 1. The number of ether oxygens (including phenoxy) is 2. The maximum Gasteiger partial charge on any atom is 0.305 e. The van der Waals surface area contributed by atoms with E-state index in [1.165, 1.54) is 7.11 Å². The third-order valence-electron chi connectivity index (χ3n) is 2.39. The Bertz CT molecular complexity index is 190. The van der Waals surface area contributed by atoms with Crippen LogP contribution in [0.1, 0.15) is 12.8 Å². The summed E-state index contributed by atoms with van der Waals surface area (Å²) in [7, 11) is 1.39. The van der Waals surface area contributed by atoms with Crippen LogP contribution >= 0.6 is 24.8 Å². The number of hydrogen-bond donors (Lipinski definition) is 1. The maximum absolute atomic E-state index is 10.9. The van der Waals surface area contributed by atoms with E-state index in [1.807, 2.05) is 0 Å². The Morgan fingerprint density at radius 3 is 2.50 bits per heavy atom. The van der Waals surface area contributed by atoms with Crippen LogP contribution in [0, 0.1) is 0 Å². The highest BCUT2D eigenvalue weighted by molar-refractivity contribution is 5.85. The smallest absolute Gasteiger partial charge is 0.305 e. The van der Waals surface area contributed by atoms with Crippen molar-refractivity contribution in [3.05, 3.63) is 0 Å². The molecule has 0 aromatic rings. The molecule has 0 bridgehead atoms. The minimum Gasteiger partial charge on any atom is -0.469 e. The van der Waals surface area contributed by atoms with Gasteiger partial charge in [0.1, 0.15) is 0 Å². The largest absolute Gasteiger partial charge is 0.469 e. The van der Waals surface area contributed by atoms with Crippen LogP contribution in [0.3, 0.4) is 0 Å². The zero-order valence-corrected chi connectivity index (χ0v) is 11.0. The van der Waals surface area contributed by atoms with Gasteiger partial charge in [-0.1, -0.05) is 0 Å². The fourth-order valence-corrected chi connectivity index (χ4v) is 1.46. The van der Waals surface area contributed by atoms with Gasteiger partial charge in [-0.25, -0.2) is 0 Å². The Hall–Kier alpha value is -0.0700. The average Bonchev–Trinajstić information content (AvgIpc) is 2.26. The molecule has 1 fully saturated rings. The van der Waals surface area contributed by atoms with Crippen molar-refractivity contribution in [2.75, 3.05) is 33.4 Å². The van der Waals surface area contributed by atoms with Crippen LogP contribution in [0.25, 0.3) is 0 Å². The first-order valence-corrected chi connectivity index (χ1v) is 4.88. The van der Waals surface area contributed by atoms with Crippen LogP contribution in [0.4, 0.5) is 0 Å². The minimum atomic E-state index is -0.200. The molecule has 16 heavy (non-hydrogen) atoms. The summed E-state index contributed by atoms with van der Waals surface area (Å²) in [5.41, 5.74) is 5.91. The Balaban J connectivity index is 0. The van der Waals surface area contributed by atoms with E-state index < -0.39 is 0 Å². The van der Waals surface area contributed by atoms with Gasteiger partial charge in [0.2, 0.25) is 0 Å². The zero-order valence-electron chi connectivity index (χ0n) is 9.39. The first kappa shape index (κ1) is 18.3. The molecular weight excluding hydrogens is 255 g/mol. The second kappa shape index (κ2) is 10.1. The molecule has 0 spiro atoms. The third kappa shape index (κ3) is 6.50. The van der Waals surface area contributed by atoms with Crippen molar-refractivity contribution in [2.24, 2.45) is 5.73 Å². The molecule has 5 nitrogen and oxygen atoms in total. The first-order valence-electron chi connectivity index (χ1n) is 4.88. The molecule has 98 valence electrons. The fourth-order valence-electron chi connectivity index (χ4n) is 1.46. The molecule has 1 saturated heterocycles. The van der Waals surface area contributed by atoms with Crippen LogP contribution in [0.5, 0.6) is 0 Å². The number of carbonyl (C=O) groups excluding carboxylic acids is 1.